The maximum absolute atomic E-state index is 13.2. The van der Waals surface area contributed by atoms with Gasteiger partial charge in [0.05, 0.1) is 15.5 Å². The molecule has 0 heterocycles. The molecule has 0 spiro atoms. The number of nitrogens with zero attached hydrogens (tertiary/aromatic N) is 1. The lowest BCUT2D eigenvalue weighted by atomic mass is 10.2. The monoisotopic (exact) mass is 511 g/mol. The summed E-state index contributed by atoms with van der Waals surface area (Å²) >= 11 is 5.94. The number of benzene rings is 3. The highest BCUT2D eigenvalue weighted by molar-refractivity contribution is 7.91. The van der Waals surface area contributed by atoms with Crippen LogP contribution in [0.2, 0.25) is 5.02 Å². The van der Waals surface area contributed by atoms with E-state index in [1.165, 1.54) is 37.4 Å². The summed E-state index contributed by atoms with van der Waals surface area (Å²) in [6.45, 7) is 1.81. The van der Waals surface area contributed by atoms with Crippen molar-refractivity contribution in [3.63, 3.8) is 0 Å². The van der Waals surface area contributed by atoms with Crippen molar-refractivity contribution >= 4 is 21.4 Å². The molecule has 11 heteroatoms. The number of sulfone groups is 1. The number of aryl methyl sites for hydroxylation is 1. The molecule has 0 aliphatic carbocycles. The minimum absolute atomic E-state index is 0.00618. The van der Waals surface area contributed by atoms with Gasteiger partial charge in [0.1, 0.15) is 28.2 Å². The normalized spacial score (nSPS) is 12.6. The first-order valence-corrected chi connectivity index (χ1v) is 11.4. The summed E-state index contributed by atoms with van der Waals surface area (Å²) in [7, 11) is -2.87. The van der Waals surface area contributed by atoms with Gasteiger partial charge in [-0.3, -0.25) is 0 Å². The largest absolute Gasteiger partial charge is 0.456 e. The zero-order valence-corrected chi connectivity index (χ0v) is 19.3. The minimum Gasteiger partial charge on any atom is -0.456 e. The SMILES string of the molecule is COC(C#N)Oc1cc(Oc2ccc(C(F)(F)F)cc2Cl)ccc1S(=O)(=O)c1ccc(C)cc1. The van der Waals surface area contributed by atoms with E-state index in [9.17, 15) is 26.9 Å². The number of nitriles is 1. The summed E-state index contributed by atoms with van der Waals surface area (Å²) < 4.78 is 80.9. The molecule has 0 bridgehead atoms. The van der Waals surface area contributed by atoms with Crippen LogP contribution in [0.1, 0.15) is 11.1 Å². The molecule has 0 aliphatic rings. The summed E-state index contributed by atoms with van der Waals surface area (Å²) in [6, 6.07) is 14.0. The van der Waals surface area contributed by atoms with Crippen molar-refractivity contribution in [2.24, 2.45) is 0 Å². The predicted octanol–water partition coefficient (Wildman–Crippen LogP) is 6.17. The van der Waals surface area contributed by atoms with Crippen molar-refractivity contribution in [3.05, 3.63) is 76.8 Å². The van der Waals surface area contributed by atoms with Gasteiger partial charge in [-0.05, 0) is 49.4 Å². The molecule has 0 saturated carbocycles. The van der Waals surface area contributed by atoms with Crippen LogP contribution in [0, 0.1) is 18.3 Å². The van der Waals surface area contributed by atoms with E-state index in [0.29, 0.717) is 6.07 Å². The van der Waals surface area contributed by atoms with Crippen LogP contribution in [-0.2, 0) is 20.8 Å². The zero-order valence-electron chi connectivity index (χ0n) is 17.8. The molecule has 1 unspecified atom stereocenters. The number of alkyl halides is 3. The van der Waals surface area contributed by atoms with E-state index in [-0.39, 0.29) is 32.1 Å². The molecule has 3 aromatic carbocycles. The van der Waals surface area contributed by atoms with Gasteiger partial charge in [0.25, 0.3) is 6.29 Å². The third-order valence-corrected chi connectivity index (χ3v) is 6.68. The highest BCUT2D eigenvalue weighted by Crippen LogP contribution is 2.39. The number of halogens is 4. The second-order valence-corrected chi connectivity index (χ2v) is 9.31. The molecule has 0 saturated heterocycles. The Kier molecular flexibility index (Phi) is 7.41. The maximum atomic E-state index is 13.2. The Morgan fingerprint density at radius 3 is 2.24 bits per heavy atom. The zero-order chi connectivity index (χ0) is 25.1. The van der Waals surface area contributed by atoms with E-state index in [1.807, 2.05) is 0 Å². The van der Waals surface area contributed by atoms with E-state index < -0.39 is 27.9 Å². The molecular weight excluding hydrogens is 495 g/mol. The molecule has 0 amide bonds. The second-order valence-electron chi connectivity index (χ2n) is 6.98. The summed E-state index contributed by atoms with van der Waals surface area (Å²) in [5.74, 6) is -0.347. The first kappa shape index (κ1) is 25.4. The quantitative estimate of drug-likeness (QED) is 0.353. The summed E-state index contributed by atoms with van der Waals surface area (Å²) in [6.07, 6.45) is -6.02. The Bertz CT molecular complexity index is 1340. The van der Waals surface area contributed by atoms with Crippen molar-refractivity contribution < 1.29 is 35.8 Å². The van der Waals surface area contributed by atoms with Crippen LogP contribution in [0.15, 0.2) is 70.5 Å². The van der Waals surface area contributed by atoms with Crippen molar-refractivity contribution in [2.45, 2.75) is 29.2 Å². The molecular formula is C23H17ClF3NO5S. The average molecular weight is 512 g/mol. The molecule has 0 fully saturated rings. The summed E-state index contributed by atoms with van der Waals surface area (Å²) in [5.41, 5.74) is -0.0955. The fourth-order valence-electron chi connectivity index (χ4n) is 2.84. The number of hydrogen-bond acceptors (Lipinski definition) is 6. The molecule has 3 rings (SSSR count). The molecule has 1 atom stereocenters. The van der Waals surface area contributed by atoms with E-state index >= 15 is 0 Å². The number of hydrogen-bond donors (Lipinski definition) is 0. The standard InChI is InChI=1S/C23H17ClF3NO5S/c1-14-3-7-17(8-4-14)34(29,30)21-10-6-16(12-20(21)33-22(13-28)31-2)32-19-9-5-15(11-18(19)24)23(25,26)27/h3-12,22H,1-2H3. The van der Waals surface area contributed by atoms with E-state index in [0.717, 1.165) is 17.7 Å². The third kappa shape index (κ3) is 5.62. The molecule has 6 nitrogen and oxygen atoms in total. The van der Waals surface area contributed by atoms with Crippen molar-refractivity contribution in [3.8, 4) is 23.3 Å². The van der Waals surface area contributed by atoms with Crippen LogP contribution in [0.5, 0.6) is 17.2 Å². The van der Waals surface area contributed by atoms with Crippen molar-refractivity contribution in [1.29, 1.82) is 5.26 Å². The van der Waals surface area contributed by atoms with Gasteiger partial charge in [-0.25, -0.2) is 8.42 Å². The molecule has 0 N–H and O–H groups in total. The van der Waals surface area contributed by atoms with Gasteiger partial charge in [0, 0.05) is 13.2 Å². The number of rotatable bonds is 7. The Morgan fingerprint density at radius 1 is 1.00 bits per heavy atom. The van der Waals surface area contributed by atoms with Crippen LogP contribution in [0.4, 0.5) is 13.2 Å². The fourth-order valence-corrected chi connectivity index (χ4v) is 4.43. The molecule has 34 heavy (non-hydrogen) atoms. The van der Waals surface area contributed by atoms with Gasteiger partial charge in [0.15, 0.2) is 0 Å². The smallest absolute Gasteiger partial charge is 0.416 e. The summed E-state index contributed by atoms with van der Waals surface area (Å²) in [4.78, 5) is -0.271. The minimum atomic E-state index is -4.58. The first-order valence-electron chi connectivity index (χ1n) is 9.55. The van der Waals surface area contributed by atoms with E-state index in [4.69, 9.17) is 25.8 Å². The fraction of sp³-hybridized carbons (Fsp3) is 0.174. The lowest BCUT2D eigenvalue weighted by molar-refractivity contribution is -0.137. The highest BCUT2D eigenvalue weighted by Gasteiger charge is 2.31. The van der Waals surface area contributed by atoms with E-state index in [2.05, 4.69) is 0 Å². The maximum Gasteiger partial charge on any atom is 0.416 e. The second kappa shape index (κ2) is 9.93. The van der Waals surface area contributed by atoms with Gasteiger partial charge in [-0.2, -0.15) is 18.4 Å². The van der Waals surface area contributed by atoms with Gasteiger partial charge < -0.3 is 14.2 Å². The van der Waals surface area contributed by atoms with Crippen LogP contribution in [-0.4, -0.2) is 21.8 Å². The van der Waals surface area contributed by atoms with Gasteiger partial charge in [-0.1, -0.05) is 29.3 Å². The summed E-state index contributed by atoms with van der Waals surface area (Å²) in [5, 5.41) is 8.87. The first-order chi connectivity index (χ1) is 16.0. The lowest BCUT2D eigenvalue weighted by Crippen LogP contribution is -2.18. The molecule has 0 radical (unpaired) electrons. The van der Waals surface area contributed by atoms with Gasteiger partial charge >= 0.3 is 6.18 Å². The number of ether oxygens (including phenoxy) is 3. The Morgan fingerprint density at radius 2 is 1.68 bits per heavy atom. The topological polar surface area (TPSA) is 85.6 Å². The Hall–Kier alpha value is -3.26. The highest BCUT2D eigenvalue weighted by atomic mass is 35.5. The van der Waals surface area contributed by atoms with Gasteiger partial charge in [-0.15, -0.1) is 0 Å². The van der Waals surface area contributed by atoms with Crippen molar-refractivity contribution in [2.75, 3.05) is 7.11 Å². The van der Waals surface area contributed by atoms with Crippen LogP contribution in [0.3, 0.4) is 0 Å². The Labute approximate surface area is 199 Å². The molecule has 3 aromatic rings. The van der Waals surface area contributed by atoms with E-state index in [1.54, 1.807) is 25.1 Å². The molecule has 0 aromatic heterocycles. The predicted molar refractivity (Wildman–Crippen MR) is 117 cm³/mol. The molecule has 0 aliphatic heterocycles. The number of methoxy groups -OCH3 is 1. The van der Waals surface area contributed by atoms with Crippen molar-refractivity contribution in [1.82, 2.24) is 0 Å². The van der Waals surface area contributed by atoms with Crippen LogP contribution in [0.25, 0.3) is 0 Å². The lowest BCUT2D eigenvalue weighted by Gasteiger charge is -2.17. The average Bonchev–Trinajstić information content (AvgIpc) is 2.78. The van der Waals surface area contributed by atoms with Gasteiger partial charge in [0.2, 0.25) is 9.84 Å². The Balaban J connectivity index is 2.03. The van der Waals surface area contributed by atoms with Crippen LogP contribution < -0.4 is 9.47 Å². The van der Waals surface area contributed by atoms with Crippen LogP contribution >= 0.6 is 11.6 Å². The molecule has 178 valence electrons. The third-order valence-electron chi connectivity index (χ3n) is 4.58.